The van der Waals surface area contributed by atoms with E-state index in [1.165, 1.54) is 27.2 Å². The number of aliphatic carboxylic acids is 1. The van der Waals surface area contributed by atoms with E-state index >= 15 is 0 Å². The second kappa shape index (κ2) is 7.12. The van der Waals surface area contributed by atoms with Gasteiger partial charge in [0.05, 0.1) is 26.2 Å². The Morgan fingerprint density at radius 3 is 2.30 bits per heavy atom. The highest BCUT2D eigenvalue weighted by Crippen LogP contribution is 2.16. The second-order valence-corrected chi connectivity index (χ2v) is 3.85. The van der Waals surface area contributed by atoms with Gasteiger partial charge in [0.2, 0.25) is 17.7 Å². The van der Waals surface area contributed by atoms with Crippen LogP contribution in [0.5, 0.6) is 11.8 Å². The molecular weight excluding hydrogens is 268 g/mol. The Bertz CT molecular complexity index is 471. The summed E-state index contributed by atoms with van der Waals surface area (Å²) in [5.41, 5.74) is 0. The van der Waals surface area contributed by atoms with Crippen molar-refractivity contribution in [3.8, 4) is 11.8 Å². The van der Waals surface area contributed by atoms with Gasteiger partial charge in [-0.05, 0) is 0 Å². The van der Waals surface area contributed by atoms with E-state index in [4.69, 9.17) is 14.6 Å². The number of nitrogens with zero attached hydrogens (tertiary/aromatic N) is 2. The molecule has 0 radical (unpaired) electrons. The highest BCUT2D eigenvalue weighted by atomic mass is 16.5. The van der Waals surface area contributed by atoms with Gasteiger partial charge in [-0.2, -0.15) is 9.97 Å². The minimum absolute atomic E-state index is 0.0116. The van der Waals surface area contributed by atoms with Crippen LogP contribution in [0.2, 0.25) is 0 Å². The molecule has 110 valence electrons. The van der Waals surface area contributed by atoms with Crippen molar-refractivity contribution >= 4 is 17.9 Å². The highest BCUT2D eigenvalue weighted by Gasteiger charge is 2.13. The molecule has 2 amide bonds. The molecule has 1 aromatic heterocycles. The SMILES string of the molecule is COc1cc(OC)nc(NC(=O)NCC(C)C(=O)O)n1. The lowest BCUT2D eigenvalue weighted by Crippen LogP contribution is -2.35. The smallest absolute Gasteiger partial charge is 0.321 e. The predicted molar refractivity (Wildman–Crippen MR) is 69.0 cm³/mol. The minimum atomic E-state index is -0.996. The van der Waals surface area contributed by atoms with Crippen LogP contribution < -0.4 is 20.1 Å². The fourth-order valence-electron chi connectivity index (χ4n) is 1.15. The maximum atomic E-state index is 11.6. The minimum Gasteiger partial charge on any atom is -0.481 e. The average Bonchev–Trinajstić information content (AvgIpc) is 2.43. The molecule has 0 spiro atoms. The first kappa shape index (κ1) is 15.5. The average molecular weight is 284 g/mol. The molecule has 1 unspecified atom stereocenters. The monoisotopic (exact) mass is 284 g/mol. The quantitative estimate of drug-likeness (QED) is 0.688. The Balaban J connectivity index is 2.63. The van der Waals surface area contributed by atoms with Crippen molar-refractivity contribution in [1.82, 2.24) is 15.3 Å². The van der Waals surface area contributed by atoms with E-state index < -0.39 is 17.9 Å². The zero-order valence-electron chi connectivity index (χ0n) is 11.3. The summed E-state index contributed by atoms with van der Waals surface area (Å²) in [6.07, 6.45) is 0. The number of aromatic nitrogens is 2. The summed E-state index contributed by atoms with van der Waals surface area (Å²) in [6, 6.07) is 0.837. The van der Waals surface area contributed by atoms with Gasteiger partial charge < -0.3 is 19.9 Å². The molecule has 1 rings (SSSR count). The van der Waals surface area contributed by atoms with E-state index in [-0.39, 0.29) is 24.3 Å². The van der Waals surface area contributed by atoms with Gasteiger partial charge in [-0.15, -0.1) is 0 Å². The van der Waals surface area contributed by atoms with Crippen LogP contribution in [0, 0.1) is 5.92 Å². The lowest BCUT2D eigenvalue weighted by molar-refractivity contribution is -0.140. The Morgan fingerprint density at radius 2 is 1.85 bits per heavy atom. The fourth-order valence-corrected chi connectivity index (χ4v) is 1.15. The van der Waals surface area contributed by atoms with Crippen molar-refractivity contribution in [2.45, 2.75) is 6.92 Å². The van der Waals surface area contributed by atoms with Crippen LogP contribution in [0.15, 0.2) is 6.07 Å². The van der Waals surface area contributed by atoms with Gasteiger partial charge >= 0.3 is 12.0 Å². The number of ether oxygens (including phenoxy) is 2. The zero-order chi connectivity index (χ0) is 15.1. The first-order valence-electron chi connectivity index (χ1n) is 5.71. The maximum absolute atomic E-state index is 11.6. The molecule has 9 heteroatoms. The summed E-state index contributed by atoms with van der Waals surface area (Å²) in [6.45, 7) is 1.47. The molecule has 0 aliphatic rings. The number of amides is 2. The Hall–Kier alpha value is -2.58. The number of hydrogen-bond acceptors (Lipinski definition) is 6. The molecule has 1 aromatic rings. The lowest BCUT2D eigenvalue weighted by atomic mass is 10.2. The second-order valence-electron chi connectivity index (χ2n) is 3.85. The third-order valence-corrected chi connectivity index (χ3v) is 2.31. The highest BCUT2D eigenvalue weighted by molar-refractivity contribution is 5.87. The number of carbonyl (C=O) groups excluding carboxylic acids is 1. The number of nitrogens with one attached hydrogen (secondary N) is 2. The van der Waals surface area contributed by atoms with E-state index in [0.29, 0.717) is 0 Å². The van der Waals surface area contributed by atoms with Crippen LogP contribution in [0.3, 0.4) is 0 Å². The van der Waals surface area contributed by atoms with Crippen molar-refractivity contribution in [1.29, 1.82) is 0 Å². The fraction of sp³-hybridized carbons (Fsp3) is 0.455. The molecule has 0 aliphatic carbocycles. The van der Waals surface area contributed by atoms with Crippen LogP contribution >= 0.6 is 0 Å². The van der Waals surface area contributed by atoms with Crippen LogP contribution in [0.4, 0.5) is 10.7 Å². The number of carboxylic acids is 1. The normalized spacial score (nSPS) is 11.3. The van der Waals surface area contributed by atoms with Gasteiger partial charge in [-0.25, -0.2) is 4.79 Å². The number of hydrogen-bond donors (Lipinski definition) is 3. The number of rotatable bonds is 6. The van der Waals surface area contributed by atoms with Gasteiger partial charge in [-0.3, -0.25) is 10.1 Å². The van der Waals surface area contributed by atoms with Crippen molar-refractivity contribution in [3.63, 3.8) is 0 Å². The lowest BCUT2D eigenvalue weighted by Gasteiger charge is -2.10. The molecule has 0 saturated heterocycles. The van der Waals surface area contributed by atoms with E-state index in [1.54, 1.807) is 0 Å². The van der Waals surface area contributed by atoms with Gasteiger partial charge in [0.25, 0.3) is 0 Å². The van der Waals surface area contributed by atoms with Gasteiger partial charge in [0, 0.05) is 6.54 Å². The summed E-state index contributed by atoms with van der Waals surface area (Å²) in [5, 5.41) is 13.4. The molecule has 0 aliphatic heterocycles. The first-order chi connectivity index (χ1) is 9.46. The van der Waals surface area contributed by atoms with E-state index in [9.17, 15) is 9.59 Å². The van der Waals surface area contributed by atoms with Gasteiger partial charge in [0.15, 0.2) is 0 Å². The van der Waals surface area contributed by atoms with Crippen molar-refractivity contribution in [3.05, 3.63) is 6.07 Å². The first-order valence-corrected chi connectivity index (χ1v) is 5.71. The Labute approximate surface area is 115 Å². The molecule has 20 heavy (non-hydrogen) atoms. The number of urea groups is 1. The van der Waals surface area contributed by atoms with Gasteiger partial charge in [-0.1, -0.05) is 6.92 Å². The third-order valence-electron chi connectivity index (χ3n) is 2.31. The predicted octanol–water partition coefficient (Wildman–Crippen LogP) is 0.336. The molecule has 9 nitrogen and oxygen atoms in total. The molecule has 3 N–H and O–H groups in total. The number of methoxy groups -OCH3 is 2. The molecule has 1 atom stereocenters. The summed E-state index contributed by atoms with van der Waals surface area (Å²) in [7, 11) is 2.83. The standard InChI is InChI=1S/C11H16N4O5/c1-6(9(16)17)5-12-11(18)15-10-13-7(19-2)4-8(14-10)20-3/h4,6H,5H2,1-3H3,(H,16,17)(H2,12,13,14,15,18). The molecule has 0 fully saturated rings. The van der Waals surface area contributed by atoms with Crippen LogP contribution in [0.25, 0.3) is 0 Å². The van der Waals surface area contributed by atoms with Crippen molar-refractivity contribution in [2.24, 2.45) is 5.92 Å². The third kappa shape index (κ3) is 4.59. The van der Waals surface area contributed by atoms with Crippen LogP contribution in [0.1, 0.15) is 6.92 Å². The van der Waals surface area contributed by atoms with E-state index in [0.717, 1.165) is 0 Å². The summed E-state index contributed by atoms with van der Waals surface area (Å²) < 4.78 is 9.86. The number of carboxylic acid groups (broad SMARTS) is 1. The summed E-state index contributed by atoms with van der Waals surface area (Å²) >= 11 is 0. The van der Waals surface area contributed by atoms with Crippen LogP contribution in [-0.4, -0.2) is 47.8 Å². The molecule has 0 saturated carbocycles. The molecule has 1 heterocycles. The maximum Gasteiger partial charge on any atom is 0.321 e. The largest absolute Gasteiger partial charge is 0.481 e. The topological polar surface area (TPSA) is 123 Å². The Kier molecular flexibility index (Phi) is 5.51. The molecule has 0 aromatic carbocycles. The van der Waals surface area contributed by atoms with Crippen LogP contribution in [-0.2, 0) is 4.79 Å². The zero-order valence-corrected chi connectivity index (χ0v) is 11.3. The van der Waals surface area contributed by atoms with E-state index in [1.807, 2.05) is 0 Å². The van der Waals surface area contributed by atoms with Gasteiger partial charge in [0.1, 0.15) is 0 Å². The van der Waals surface area contributed by atoms with E-state index in [2.05, 4.69) is 20.6 Å². The summed E-state index contributed by atoms with van der Waals surface area (Å²) in [5.74, 6) is -1.25. The number of anilines is 1. The summed E-state index contributed by atoms with van der Waals surface area (Å²) in [4.78, 5) is 30.0. The Morgan fingerprint density at radius 1 is 1.30 bits per heavy atom. The van der Waals surface area contributed by atoms with Crippen molar-refractivity contribution < 1.29 is 24.2 Å². The molecular formula is C11H16N4O5. The molecule has 0 bridgehead atoms. The van der Waals surface area contributed by atoms with Crippen molar-refractivity contribution in [2.75, 3.05) is 26.1 Å². The number of carbonyl (C=O) groups is 2.